The minimum Gasteiger partial charge on any atom is -0.487 e. The number of hydrogen-bond acceptors (Lipinski definition) is 7. The van der Waals surface area contributed by atoms with Gasteiger partial charge < -0.3 is 9.30 Å². The van der Waals surface area contributed by atoms with Crippen molar-refractivity contribution in [3.63, 3.8) is 0 Å². The van der Waals surface area contributed by atoms with Crippen LogP contribution in [-0.4, -0.2) is 34.5 Å². The Kier molecular flexibility index (Phi) is 5.74. The third-order valence-electron chi connectivity index (χ3n) is 5.24. The lowest BCUT2D eigenvalue weighted by Crippen LogP contribution is -2.02. The number of para-hydroxylation sites is 1. The Morgan fingerprint density at radius 1 is 1.15 bits per heavy atom. The molecule has 166 valence electrons. The summed E-state index contributed by atoms with van der Waals surface area (Å²) in [7, 11) is 3.82. The van der Waals surface area contributed by atoms with Crippen molar-refractivity contribution < 1.29 is 4.74 Å². The second kappa shape index (κ2) is 8.84. The standard InChI is InChI=1S/C23H20ClN7OS/c1-14-9-16(19-7-8-27-31(19)3)15-5-4-6-20(22(15)28-14)32-12-17-18(24)10-25-11-21(17)33-23-29-26-13-30(23)2/h4-11,13H,12H2,1-3H3. The van der Waals surface area contributed by atoms with Crippen molar-refractivity contribution in [3.8, 4) is 17.0 Å². The molecule has 4 aromatic heterocycles. The summed E-state index contributed by atoms with van der Waals surface area (Å²) >= 11 is 7.95. The van der Waals surface area contributed by atoms with Gasteiger partial charge in [0.05, 0.1) is 10.7 Å². The molecule has 4 heterocycles. The predicted molar refractivity (Wildman–Crippen MR) is 127 cm³/mol. The minimum absolute atomic E-state index is 0.261. The number of halogens is 1. The van der Waals surface area contributed by atoms with E-state index >= 15 is 0 Å². The molecule has 0 saturated heterocycles. The van der Waals surface area contributed by atoms with Gasteiger partial charge in [-0.2, -0.15) is 5.10 Å². The van der Waals surface area contributed by atoms with Crippen LogP contribution in [0.5, 0.6) is 5.75 Å². The van der Waals surface area contributed by atoms with Crippen molar-refractivity contribution in [2.24, 2.45) is 14.1 Å². The Balaban J connectivity index is 1.51. The fourth-order valence-electron chi connectivity index (χ4n) is 3.60. The fraction of sp³-hybridized carbons (Fsp3) is 0.174. The summed E-state index contributed by atoms with van der Waals surface area (Å²) in [5.74, 6) is 0.683. The maximum absolute atomic E-state index is 6.51. The van der Waals surface area contributed by atoms with E-state index in [-0.39, 0.29) is 6.61 Å². The highest BCUT2D eigenvalue weighted by Gasteiger charge is 2.16. The first-order valence-electron chi connectivity index (χ1n) is 10.2. The molecule has 0 amide bonds. The third-order valence-corrected chi connectivity index (χ3v) is 6.69. The zero-order valence-corrected chi connectivity index (χ0v) is 19.8. The number of benzene rings is 1. The van der Waals surface area contributed by atoms with Crippen molar-refractivity contribution in [2.75, 3.05) is 0 Å². The number of nitrogens with zero attached hydrogens (tertiary/aromatic N) is 7. The van der Waals surface area contributed by atoms with Crippen LogP contribution in [0.3, 0.4) is 0 Å². The van der Waals surface area contributed by atoms with Gasteiger partial charge in [0, 0.05) is 59.8 Å². The van der Waals surface area contributed by atoms with E-state index in [1.54, 1.807) is 24.9 Å². The molecular formula is C23H20ClN7OS. The first kappa shape index (κ1) is 21.4. The molecule has 0 fully saturated rings. The van der Waals surface area contributed by atoms with Crippen LogP contribution in [-0.2, 0) is 20.7 Å². The Labute approximate surface area is 199 Å². The molecule has 33 heavy (non-hydrogen) atoms. The highest BCUT2D eigenvalue weighted by molar-refractivity contribution is 7.99. The van der Waals surface area contributed by atoms with E-state index in [9.17, 15) is 0 Å². The van der Waals surface area contributed by atoms with Crippen LogP contribution >= 0.6 is 23.4 Å². The Morgan fingerprint density at radius 2 is 2.03 bits per heavy atom. The number of rotatable bonds is 6. The molecule has 8 nitrogen and oxygen atoms in total. The second-order valence-corrected chi connectivity index (χ2v) is 8.93. The minimum atomic E-state index is 0.261. The third kappa shape index (κ3) is 4.17. The van der Waals surface area contributed by atoms with Crippen molar-refractivity contribution >= 4 is 34.3 Å². The lowest BCUT2D eigenvalue weighted by atomic mass is 10.0. The molecule has 0 saturated carbocycles. The molecule has 0 aliphatic rings. The van der Waals surface area contributed by atoms with Crippen LogP contribution in [0.2, 0.25) is 5.02 Å². The Morgan fingerprint density at radius 3 is 2.79 bits per heavy atom. The largest absolute Gasteiger partial charge is 0.487 e. The average molecular weight is 478 g/mol. The first-order chi connectivity index (χ1) is 16.0. The molecule has 0 radical (unpaired) electrons. The van der Waals surface area contributed by atoms with Gasteiger partial charge in [0.25, 0.3) is 0 Å². The topological polar surface area (TPSA) is 83.5 Å². The molecule has 5 rings (SSSR count). The summed E-state index contributed by atoms with van der Waals surface area (Å²) in [5, 5.41) is 14.7. The van der Waals surface area contributed by atoms with Crippen LogP contribution in [0, 0.1) is 6.92 Å². The number of aryl methyl sites for hydroxylation is 3. The van der Waals surface area contributed by atoms with E-state index in [4.69, 9.17) is 21.3 Å². The van der Waals surface area contributed by atoms with Gasteiger partial charge in [-0.05, 0) is 36.9 Å². The molecule has 0 N–H and O–H groups in total. The van der Waals surface area contributed by atoms with Gasteiger partial charge in [0.2, 0.25) is 0 Å². The van der Waals surface area contributed by atoms with E-state index in [1.165, 1.54) is 11.8 Å². The van der Waals surface area contributed by atoms with E-state index in [2.05, 4.69) is 26.3 Å². The van der Waals surface area contributed by atoms with Crippen molar-refractivity contribution in [1.29, 1.82) is 0 Å². The molecule has 0 spiro atoms. The summed E-state index contributed by atoms with van der Waals surface area (Å²) in [6.45, 7) is 2.24. The Hall–Kier alpha value is -3.43. The van der Waals surface area contributed by atoms with Crippen LogP contribution in [0.15, 0.2) is 65.3 Å². The van der Waals surface area contributed by atoms with Crippen molar-refractivity contribution in [1.82, 2.24) is 34.5 Å². The van der Waals surface area contributed by atoms with E-state index in [1.807, 2.05) is 54.5 Å². The van der Waals surface area contributed by atoms with Gasteiger partial charge in [0.15, 0.2) is 5.16 Å². The van der Waals surface area contributed by atoms with Gasteiger partial charge in [-0.1, -0.05) is 23.7 Å². The number of pyridine rings is 2. The summed E-state index contributed by atoms with van der Waals surface area (Å²) < 4.78 is 9.98. The zero-order chi connectivity index (χ0) is 22.9. The van der Waals surface area contributed by atoms with Gasteiger partial charge >= 0.3 is 0 Å². The number of hydrogen-bond donors (Lipinski definition) is 0. The van der Waals surface area contributed by atoms with Crippen LogP contribution in [0.25, 0.3) is 22.2 Å². The number of fused-ring (bicyclic) bond motifs is 1. The molecule has 0 bridgehead atoms. The SMILES string of the molecule is Cc1cc(-c2ccnn2C)c2cccc(OCc3c(Cl)cncc3Sc3nncn3C)c2n1. The van der Waals surface area contributed by atoms with Crippen LogP contribution < -0.4 is 4.74 Å². The molecule has 10 heteroatoms. The number of aromatic nitrogens is 7. The maximum atomic E-state index is 6.51. The van der Waals surface area contributed by atoms with Gasteiger partial charge in [-0.25, -0.2) is 4.98 Å². The average Bonchev–Trinajstić information content (AvgIpc) is 3.40. The quantitative estimate of drug-likeness (QED) is 0.345. The normalized spacial score (nSPS) is 11.3. The second-order valence-electron chi connectivity index (χ2n) is 7.52. The van der Waals surface area contributed by atoms with Gasteiger partial charge in [-0.3, -0.25) is 9.67 Å². The maximum Gasteiger partial charge on any atom is 0.195 e. The predicted octanol–water partition coefficient (Wildman–Crippen LogP) is 4.85. The highest BCUT2D eigenvalue weighted by Crippen LogP contribution is 2.35. The zero-order valence-electron chi connectivity index (χ0n) is 18.2. The van der Waals surface area contributed by atoms with Crippen molar-refractivity contribution in [2.45, 2.75) is 23.6 Å². The number of ether oxygens (including phenoxy) is 1. The molecule has 0 aliphatic heterocycles. The van der Waals surface area contributed by atoms with Crippen molar-refractivity contribution in [3.05, 3.63) is 71.5 Å². The van der Waals surface area contributed by atoms with E-state index < -0.39 is 0 Å². The van der Waals surface area contributed by atoms with E-state index in [0.29, 0.717) is 10.8 Å². The summed E-state index contributed by atoms with van der Waals surface area (Å²) in [6, 6.07) is 10.0. The summed E-state index contributed by atoms with van der Waals surface area (Å²) in [5.41, 5.74) is 4.60. The highest BCUT2D eigenvalue weighted by atomic mass is 35.5. The molecule has 0 unspecified atom stereocenters. The molecule has 1 aromatic carbocycles. The monoisotopic (exact) mass is 477 g/mol. The molecule has 0 aliphatic carbocycles. The fourth-order valence-corrected chi connectivity index (χ4v) is 4.75. The molecule has 0 atom stereocenters. The lowest BCUT2D eigenvalue weighted by molar-refractivity contribution is 0.306. The Bertz CT molecular complexity index is 1460. The first-order valence-corrected chi connectivity index (χ1v) is 11.4. The van der Waals surface area contributed by atoms with Crippen LogP contribution in [0.1, 0.15) is 11.3 Å². The molecular weight excluding hydrogens is 458 g/mol. The molecule has 5 aromatic rings. The van der Waals surface area contributed by atoms with Gasteiger partial charge in [0.1, 0.15) is 24.2 Å². The smallest absolute Gasteiger partial charge is 0.195 e. The van der Waals surface area contributed by atoms with Crippen LogP contribution in [0.4, 0.5) is 0 Å². The summed E-state index contributed by atoms with van der Waals surface area (Å²) in [4.78, 5) is 9.87. The lowest BCUT2D eigenvalue weighted by Gasteiger charge is -2.14. The van der Waals surface area contributed by atoms with E-state index in [0.717, 1.165) is 43.5 Å². The summed E-state index contributed by atoms with van der Waals surface area (Å²) in [6.07, 6.45) is 6.82. The van der Waals surface area contributed by atoms with Gasteiger partial charge in [-0.15, -0.1) is 10.2 Å².